The first-order chi connectivity index (χ1) is 9.20. The van der Waals surface area contributed by atoms with Crippen LogP contribution in [0.5, 0.6) is 0 Å². The lowest BCUT2D eigenvalue weighted by molar-refractivity contribution is 0.171. The highest BCUT2D eigenvalue weighted by Crippen LogP contribution is 2.26. The molecule has 0 unspecified atom stereocenters. The molecule has 6 heteroatoms. The molecule has 19 heavy (non-hydrogen) atoms. The Bertz CT molecular complexity index is 571. The topological polar surface area (TPSA) is 51.2 Å². The molecule has 0 fully saturated rings. The van der Waals surface area contributed by atoms with Gasteiger partial charge in [-0.05, 0) is 12.1 Å². The van der Waals surface area contributed by atoms with Gasteiger partial charge in [0.1, 0.15) is 10.8 Å². The number of hydrogen-bond donors (Lipinski definition) is 1. The van der Waals surface area contributed by atoms with E-state index in [1.165, 1.54) is 24.5 Å². The third-order valence-corrected chi connectivity index (χ3v) is 3.42. The molecule has 0 saturated carbocycles. The fourth-order valence-electron chi connectivity index (χ4n) is 1.54. The molecule has 1 aromatic heterocycles. The van der Waals surface area contributed by atoms with Crippen LogP contribution in [-0.2, 0) is 11.2 Å². The van der Waals surface area contributed by atoms with E-state index in [9.17, 15) is 9.18 Å². The van der Waals surface area contributed by atoms with Gasteiger partial charge in [-0.15, -0.1) is 11.3 Å². The van der Waals surface area contributed by atoms with E-state index in [1.54, 1.807) is 18.2 Å². The van der Waals surface area contributed by atoms with Crippen molar-refractivity contribution in [1.82, 2.24) is 10.3 Å². The molecule has 1 heterocycles. The third-order valence-electron chi connectivity index (χ3n) is 2.49. The third kappa shape index (κ3) is 3.51. The molecule has 0 aliphatic rings. The summed E-state index contributed by atoms with van der Waals surface area (Å²) in [5, 5.41) is 5.08. The number of carbonyl (C=O) groups is 1. The number of hydrogen-bond acceptors (Lipinski definition) is 4. The fraction of sp³-hybridized carbons (Fsp3) is 0.231. The minimum absolute atomic E-state index is 0.281. The molecule has 1 amide bonds. The Hall–Kier alpha value is -1.95. The summed E-state index contributed by atoms with van der Waals surface area (Å²) in [5.41, 5.74) is 1.32. The van der Waals surface area contributed by atoms with Gasteiger partial charge >= 0.3 is 6.09 Å². The van der Waals surface area contributed by atoms with Crippen LogP contribution in [0.4, 0.5) is 9.18 Å². The summed E-state index contributed by atoms with van der Waals surface area (Å²) in [7, 11) is 1.31. The van der Waals surface area contributed by atoms with Gasteiger partial charge in [0.2, 0.25) is 0 Å². The summed E-state index contributed by atoms with van der Waals surface area (Å²) in [6, 6.07) is 6.53. The quantitative estimate of drug-likeness (QED) is 0.937. The van der Waals surface area contributed by atoms with Gasteiger partial charge in [-0.3, -0.25) is 0 Å². The van der Waals surface area contributed by atoms with Crippen LogP contribution in [0.25, 0.3) is 10.6 Å². The monoisotopic (exact) mass is 280 g/mol. The zero-order chi connectivity index (χ0) is 13.7. The standard InChI is InChI=1S/C13H13FN2O2S/c1-18-13(17)15-7-6-9-8-19-12(16-9)10-4-2-3-5-11(10)14/h2-5,8H,6-7H2,1H3,(H,15,17). The number of nitrogens with one attached hydrogen (secondary N) is 1. The van der Waals surface area contributed by atoms with Gasteiger partial charge in [0.15, 0.2) is 0 Å². The van der Waals surface area contributed by atoms with Crippen molar-refractivity contribution in [3.63, 3.8) is 0 Å². The number of methoxy groups -OCH3 is 1. The summed E-state index contributed by atoms with van der Waals surface area (Å²) in [5.74, 6) is -0.281. The van der Waals surface area contributed by atoms with Crippen molar-refractivity contribution < 1.29 is 13.9 Å². The zero-order valence-corrected chi connectivity index (χ0v) is 11.2. The minimum Gasteiger partial charge on any atom is -0.453 e. The lowest BCUT2D eigenvalue weighted by atomic mass is 10.2. The van der Waals surface area contributed by atoms with Crippen molar-refractivity contribution in [2.45, 2.75) is 6.42 Å². The number of thiazole rings is 1. The second-order valence-electron chi connectivity index (χ2n) is 3.79. The Kier molecular flexibility index (Phi) is 4.46. The van der Waals surface area contributed by atoms with E-state index in [-0.39, 0.29) is 5.82 Å². The van der Waals surface area contributed by atoms with Crippen LogP contribution in [-0.4, -0.2) is 24.7 Å². The van der Waals surface area contributed by atoms with E-state index < -0.39 is 6.09 Å². The average Bonchev–Trinajstić information content (AvgIpc) is 2.87. The Morgan fingerprint density at radius 3 is 3.00 bits per heavy atom. The Morgan fingerprint density at radius 1 is 1.47 bits per heavy atom. The first-order valence-corrected chi connectivity index (χ1v) is 6.60. The van der Waals surface area contributed by atoms with Crippen LogP contribution >= 0.6 is 11.3 Å². The molecule has 0 radical (unpaired) electrons. The molecule has 0 aliphatic carbocycles. The summed E-state index contributed by atoms with van der Waals surface area (Å²) in [6.07, 6.45) is 0.115. The van der Waals surface area contributed by atoms with Gasteiger partial charge in [0, 0.05) is 23.9 Å². The van der Waals surface area contributed by atoms with Crippen LogP contribution in [0.15, 0.2) is 29.6 Å². The number of aromatic nitrogens is 1. The highest BCUT2D eigenvalue weighted by molar-refractivity contribution is 7.13. The maximum absolute atomic E-state index is 13.6. The molecule has 1 N–H and O–H groups in total. The van der Waals surface area contributed by atoms with Crippen LogP contribution in [0.2, 0.25) is 0 Å². The number of benzene rings is 1. The predicted molar refractivity (Wildman–Crippen MR) is 71.6 cm³/mol. The summed E-state index contributed by atoms with van der Waals surface area (Å²) < 4.78 is 18.0. The van der Waals surface area contributed by atoms with Crippen molar-refractivity contribution in [1.29, 1.82) is 0 Å². The second-order valence-corrected chi connectivity index (χ2v) is 4.65. The molecule has 4 nitrogen and oxygen atoms in total. The highest BCUT2D eigenvalue weighted by Gasteiger charge is 2.09. The lowest BCUT2D eigenvalue weighted by Gasteiger charge is -2.01. The van der Waals surface area contributed by atoms with Crippen LogP contribution < -0.4 is 5.32 Å². The summed E-state index contributed by atoms with van der Waals surface area (Å²) in [4.78, 5) is 15.2. The molecule has 2 aromatic rings. The smallest absolute Gasteiger partial charge is 0.406 e. The van der Waals surface area contributed by atoms with E-state index in [1.807, 2.05) is 5.38 Å². The average molecular weight is 280 g/mol. The van der Waals surface area contributed by atoms with E-state index in [2.05, 4.69) is 15.0 Å². The van der Waals surface area contributed by atoms with Crippen LogP contribution in [0, 0.1) is 5.82 Å². The molecular weight excluding hydrogens is 267 g/mol. The summed E-state index contributed by atoms with van der Waals surface area (Å²) >= 11 is 1.39. The van der Waals surface area contributed by atoms with Crippen molar-refractivity contribution in [3.8, 4) is 10.6 Å². The number of rotatable bonds is 4. The van der Waals surface area contributed by atoms with E-state index in [4.69, 9.17) is 0 Å². The molecule has 0 atom stereocenters. The first kappa shape index (κ1) is 13.5. The number of carbonyl (C=O) groups excluding carboxylic acids is 1. The largest absolute Gasteiger partial charge is 0.453 e. The molecule has 0 aliphatic heterocycles. The second kappa shape index (κ2) is 6.29. The van der Waals surface area contributed by atoms with Gasteiger partial charge in [-0.2, -0.15) is 0 Å². The fourth-order valence-corrected chi connectivity index (χ4v) is 2.43. The molecule has 100 valence electrons. The number of ether oxygens (including phenoxy) is 1. The molecular formula is C13H13FN2O2S. The van der Waals surface area contributed by atoms with Crippen molar-refractivity contribution in [2.75, 3.05) is 13.7 Å². The van der Waals surface area contributed by atoms with Gasteiger partial charge < -0.3 is 10.1 Å². The van der Waals surface area contributed by atoms with Gasteiger partial charge in [0.05, 0.1) is 12.8 Å². The van der Waals surface area contributed by atoms with E-state index in [0.717, 1.165) is 5.69 Å². The molecule has 2 rings (SSSR count). The van der Waals surface area contributed by atoms with Gasteiger partial charge in [0.25, 0.3) is 0 Å². The number of alkyl carbamates (subject to hydrolysis) is 1. The maximum Gasteiger partial charge on any atom is 0.406 e. The summed E-state index contributed by atoms with van der Waals surface area (Å²) in [6.45, 7) is 0.438. The zero-order valence-electron chi connectivity index (χ0n) is 10.4. The van der Waals surface area contributed by atoms with Crippen molar-refractivity contribution >= 4 is 17.4 Å². The number of halogens is 1. The minimum atomic E-state index is -0.468. The Balaban J connectivity index is 2.00. The maximum atomic E-state index is 13.6. The Labute approximate surface area is 114 Å². The SMILES string of the molecule is COC(=O)NCCc1csc(-c2ccccc2F)n1. The number of amides is 1. The molecule has 0 bridgehead atoms. The van der Waals surface area contributed by atoms with Crippen molar-refractivity contribution in [2.24, 2.45) is 0 Å². The van der Waals surface area contributed by atoms with Crippen molar-refractivity contribution in [3.05, 3.63) is 41.2 Å². The highest BCUT2D eigenvalue weighted by atomic mass is 32.1. The number of nitrogens with zero attached hydrogens (tertiary/aromatic N) is 1. The van der Waals surface area contributed by atoms with Gasteiger partial charge in [-0.1, -0.05) is 12.1 Å². The van der Waals surface area contributed by atoms with Crippen LogP contribution in [0.3, 0.4) is 0 Å². The predicted octanol–water partition coefficient (Wildman–Crippen LogP) is 2.85. The molecule has 0 saturated heterocycles. The van der Waals surface area contributed by atoms with E-state index >= 15 is 0 Å². The molecule has 0 spiro atoms. The van der Waals surface area contributed by atoms with E-state index in [0.29, 0.717) is 23.5 Å². The molecule has 1 aromatic carbocycles. The first-order valence-electron chi connectivity index (χ1n) is 5.72. The normalized spacial score (nSPS) is 10.2. The Morgan fingerprint density at radius 2 is 2.26 bits per heavy atom. The van der Waals surface area contributed by atoms with Crippen LogP contribution in [0.1, 0.15) is 5.69 Å². The lowest BCUT2D eigenvalue weighted by Crippen LogP contribution is -2.25. The van der Waals surface area contributed by atoms with Gasteiger partial charge in [-0.25, -0.2) is 14.2 Å².